The van der Waals surface area contributed by atoms with Gasteiger partial charge in [-0.15, -0.1) is 0 Å². The molecule has 0 atom stereocenters. The molecule has 1 N–H and O–H groups in total. The molecular weight excluding hydrogens is 305 g/mol. The van der Waals surface area contributed by atoms with Crippen molar-refractivity contribution in [2.24, 2.45) is 0 Å². The molecule has 3 heterocycles. The van der Waals surface area contributed by atoms with Crippen LogP contribution < -0.4 is 4.74 Å². The Bertz CT molecular complexity index is 1030. The minimum absolute atomic E-state index is 0.346. The van der Waals surface area contributed by atoms with E-state index in [0.717, 1.165) is 27.7 Å². The van der Waals surface area contributed by atoms with Gasteiger partial charge in [-0.1, -0.05) is 6.07 Å². The van der Waals surface area contributed by atoms with Crippen LogP contribution in [0.2, 0.25) is 0 Å². The molecule has 0 unspecified atom stereocenters. The third kappa shape index (κ3) is 2.50. The van der Waals surface area contributed by atoms with E-state index in [2.05, 4.69) is 15.0 Å². The van der Waals surface area contributed by atoms with E-state index >= 15 is 0 Å². The van der Waals surface area contributed by atoms with Crippen molar-refractivity contribution in [3.63, 3.8) is 0 Å². The second kappa shape index (κ2) is 5.77. The molecule has 0 spiro atoms. The predicted molar refractivity (Wildman–Crippen MR) is 91.3 cm³/mol. The first-order valence-corrected chi connectivity index (χ1v) is 7.46. The van der Waals surface area contributed by atoms with Gasteiger partial charge >= 0.3 is 0 Å². The Balaban J connectivity index is 1.80. The number of halogens is 1. The monoisotopic (exact) mass is 319 g/mol. The number of methoxy groups -OCH3 is 1. The molecule has 24 heavy (non-hydrogen) atoms. The van der Waals surface area contributed by atoms with Crippen molar-refractivity contribution in [3.05, 3.63) is 67.0 Å². The summed E-state index contributed by atoms with van der Waals surface area (Å²) in [7, 11) is 1.62. The summed E-state index contributed by atoms with van der Waals surface area (Å²) >= 11 is 0. The van der Waals surface area contributed by atoms with Crippen molar-refractivity contribution < 1.29 is 9.13 Å². The topological polar surface area (TPSA) is 50.8 Å². The second-order valence-corrected chi connectivity index (χ2v) is 5.45. The molecule has 5 heteroatoms. The molecule has 0 radical (unpaired) electrons. The minimum Gasteiger partial charge on any atom is -0.495 e. The minimum atomic E-state index is -0.346. The van der Waals surface area contributed by atoms with Crippen LogP contribution >= 0.6 is 0 Å². The molecule has 0 bridgehead atoms. The Morgan fingerprint density at radius 2 is 1.88 bits per heavy atom. The van der Waals surface area contributed by atoms with Crippen LogP contribution in [0.1, 0.15) is 0 Å². The summed E-state index contributed by atoms with van der Waals surface area (Å²) in [5.41, 5.74) is 4.17. The summed E-state index contributed by atoms with van der Waals surface area (Å²) in [5.74, 6) is 0.363. The second-order valence-electron chi connectivity index (χ2n) is 5.45. The fraction of sp³-hybridized carbons (Fsp3) is 0.0526. The maximum atomic E-state index is 13.9. The number of ether oxygens (including phenoxy) is 1. The van der Waals surface area contributed by atoms with Gasteiger partial charge in [-0.05, 0) is 35.9 Å². The number of rotatable bonds is 3. The van der Waals surface area contributed by atoms with Crippen molar-refractivity contribution in [3.8, 4) is 28.1 Å². The maximum Gasteiger partial charge on any atom is 0.150 e. The van der Waals surface area contributed by atoms with Gasteiger partial charge in [0, 0.05) is 40.1 Å². The highest BCUT2D eigenvalue weighted by Gasteiger charge is 2.09. The standard InChI is InChI=1S/C19H14FN3O/c1-24-15-7-14(9-22-10-15)12-2-3-18-13(6-12)8-19(23-18)16-4-5-21-11-17(16)20/h2-11,23H,1H3. The largest absolute Gasteiger partial charge is 0.495 e. The summed E-state index contributed by atoms with van der Waals surface area (Å²) in [6, 6.07) is 11.6. The molecule has 0 fully saturated rings. The Morgan fingerprint density at radius 3 is 2.71 bits per heavy atom. The summed E-state index contributed by atoms with van der Waals surface area (Å²) in [6.45, 7) is 0. The molecule has 0 aliphatic rings. The Labute approximate surface area is 138 Å². The van der Waals surface area contributed by atoms with Crippen molar-refractivity contribution in [2.75, 3.05) is 7.11 Å². The third-order valence-corrected chi connectivity index (χ3v) is 3.97. The Kier molecular flexibility index (Phi) is 3.46. The van der Waals surface area contributed by atoms with Crippen LogP contribution in [-0.4, -0.2) is 22.1 Å². The smallest absolute Gasteiger partial charge is 0.150 e. The van der Waals surface area contributed by atoms with Crippen molar-refractivity contribution >= 4 is 10.9 Å². The summed E-state index contributed by atoms with van der Waals surface area (Å²) in [4.78, 5) is 11.2. The zero-order chi connectivity index (χ0) is 16.5. The van der Waals surface area contributed by atoms with E-state index in [0.29, 0.717) is 11.3 Å². The van der Waals surface area contributed by atoms with Crippen molar-refractivity contribution in [1.29, 1.82) is 0 Å². The summed E-state index contributed by atoms with van der Waals surface area (Å²) in [6.07, 6.45) is 6.26. The lowest BCUT2D eigenvalue weighted by atomic mass is 10.1. The molecule has 1 aromatic carbocycles. The van der Waals surface area contributed by atoms with E-state index in [9.17, 15) is 4.39 Å². The Hall–Kier alpha value is -3.21. The molecule has 118 valence electrons. The highest BCUT2D eigenvalue weighted by Crippen LogP contribution is 2.30. The van der Waals surface area contributed by atoms with Crippen LogP contribution in [0.15, 0.2) is 61.2 Å². The molecule has 0 amide bonds. The highest BCUT2D eigenvalue weighted by atomic mass is 19.1. The number of nitrogens with one attached hydrogen (secondary N) is 1. The lowest BCUT2D eigenvalue weighted by Gasteiger charge is -2.04. The van der Waals surface area contributed by atoms with Crippen LogP contribution in [0.5, 0.6) is 5.75 Å². The number of nitrogens with zero attached hydrogens (tertiary/aromatic N) is 2. The van der Waals surface area contributed by atoms with Crippen molar-refractivity contribution in [1.82, 2.24) is 15.0 Å². The SMILES string of the molecule is COc1cncc(-c2ccc3[nH]c(-c4ccncc4F)cc3c2)c1. The lowest BCUT2D eigenvalue weighted by molar-refractivity contribution is 0.413. The Morgan fingerprint density at radius 1 is 0.958 bits per heavy atom. The number of H-pyrrole nitrogens is 1. The number of pyridine rings is 2. The van der Waals surface area contributed by atoms with Gasteiger partial charge in [0.25, 0.3) is 0 Å². The van der Waals surface area contributed by atoms with E-state index in [-0.39, 0.29) is 5.82 Å². The first-order chi connectivity index (χ1) is 11.7. The first-order valence-electron chi connectivity index (χ1n) is 7.46. The zero-order valence-electron chi connectivity index (χ0n) is 13.0. The lowest BCUT2D eigenvalue weighted by Crippen LogP contribution is -1.86. The van der Waals surface area contributed by atoms with Gasteiger partial charge in [0.05, 0.1) is 19.5 Å². The van der Waals surface area contributed by atoms with Gasteiger partial charge < -0.3 is 9.72 Å². The van der Waals surface area contributed by atoms with Gasteiger partial charge in [0.2, 0.25) is 0 Å². The van der Waals surface area contributed by atoms with Crippen LogP contribution in [0, 0.1) is 5.82 Å². The number of benzene rings is 1. The number of fused-ring (bicyclic) bond motifs is 1. The van der Waals surface area contributed by atoms with Crippen molar-refractivity contribution in [2.45, 2.75) is 0 Å². The van der Waals surface area contributed by atoms with Gasteiger partial charge in [-0.2, -0.15) is 0 Å². The zero-order valence-corrected chi connectivity index (χ0v) is 13.0. The molecule has 0 aliphatic carbocycles. The molecule has 0 saturated heterocycles. The van der Waals surface area contributed by atoms with Crippen LogP contribution in [0.3, 0.4) is 0 Å². The molecule has 0 aliphatic heterocycles. The number of aromatic amines is 1. The predicted octanol–water partition coefficient (Wildman–Crippen LogP) is 4.44. The van der Waals surface area contributed by atoms with Gasteiger partial charge in [-0.25, -0.2) is 4.39 Å². The molecular formula is C19H14FN3O. The van der Waals surface area contributed by atoms with E-state index in [1.54, 1.807) is 31.8 Å². The number of hydrogen-bond acceptors (Lipinski definition) is 3. The molecule has 3 aromatic heterocycles. The molecule has 0 saturated carbocycles. The first kappa shape index (κ1) is 14.4. The van der Waals surface area contributed by atoms with E-state index in [4.69, 9.17) is 4.74 Å². The third-order valence-electron chi connectivity index (χ3n) is 3.97. The van der Waals surface area contributed by atoms with E-state index in [1.165, 1.54) is 6.20 Å². The fourth-order valence-corrected chi connectivity index (χ4v) is 2.74. The molecule has 4 nitrogen and oxygen atoms in total. The van der Waals surface area contributed by atoms with Crippen LogP contribution in [0.25, 0.3) is 33.3 Å². The van der Waals surface area contributed by atoms with E-state index in [1.807, 2.05) is 30.3 Å². The molecule has 4 aromatic rings. The maximum absolute atomic E-state index is 13.9. The molecule has 4 rings (SSSR count). The highest BCUT2D eigenvalue weighted by molar-refractivity contribution is 5.89. The average Bonchev–Trinajstić information content (AvgIpc) is 3.05. The summed E-state index contributed by atoms with van der Waals surface area (Å²) in [5, 5.41) is 1.00. The number of hydrogen-bond donors (Lipinski definition) is 1. The summed E-state index contributed by atoms with van der Waals surface area (Å²) < 4.78 is 19.1. The van der Waals surface area contributed by atoms with Crippen LogP contribution in [0.4, 0.5) is 4.39 Å². The van der Waals surface area contributed by atoms with Gasteiger partial charge in [0.15, 0.2) is 5.82 Å². The normalized spacial score (nSPS) is 10.9. The van der Waals surface area contributed by atoms with Gasteiger partial charge in [-0.3, -0.25) is 9.97 Å². The number of aromatic nitrogens is 3. The quantitative estimate of drug-likeness (QED) is 0.607. The fourth-order valence-electron chi connectivity index (χ4n) is 2.74. The van der Waals surface area contributed by atoms with Gasteiger partial charge in [0.1, 0.15) is 5.75 Å². The van der Waals surface area contributed by atoms with Crippen LogP contribution in [-0.2, 0) is 0 Å². The van der Waals surface area contributed by atoms with E-state index < -0.39 is 0 Å². The average molecular weight is 319 g/mol.